The highest BCUT2D eigenvalue weighted by molar-refractivity contribution is 5.82. The molecule has 0 aromatic heterocycles. The van der Waals surface area contributed by atoms with Crippen molar-refractivity contribution in [3.63, 3.8) is 0 Å². The predicted molar refractivity (Wildman–Crippen MR) is 67.3 cm³/mol. The summed E-state index contributed by atoms with van der Waals surface area (Å²) in [7, 11) is 0. The summed E-state index contributed by atoms with van der Waals surface area (Å²) in [6.07, 6.45) is 4.54. The molecule has 0 aliphatic carbocycles. The first kappa shape index (κ1) is 14.0. The summed E-state index contributed by atoms with van der Waals surface area (Å²) < 4.78 is 0. The zero-order valence-electron chi connectivity index (χ0n) is 10.9. The molecule has 17 heavy (non-hydrogen) atoms. The van der Waals surface area contributed by atoms with Gasteiger partial charge in [0.1, 0.15) is 0 Å². The Morgan fingerprint density at radius 3 is 2.94 bits per heavy atom. The normalized spacial score (nSPS) is 22.8. The lowest BCUT2D eigenvalue weighted by molar-refractivity contribution is -0.126. The fraction of sp³-hybridized carbons (Fsp3) is 0.846. The Hall–Kier alpha value is -1.08. The lowest BCUT2D eigenvalue weighted by Gasteiger charge is -2.38. The lowest BCUT2D eigenvalue weighted by atomic mass is 9.77. The summed E-state index contributed by atoms with van der Waals surface area (Å²) in [6.45, 7) is 5.88. The van der Waals surface area contributed by atoms with Crippen LogP contribution < -0.4 is 10.6 Å². The molecule has 1 fully saturated rings. The van der Waals surface area contributed by atoms with Gasteiger partial charge in [0, 0.05) is 13.0 Å². The van der Waals surface area contributed by atoms with Crippen molar-refractivity contribution in [1.29, 1.82) is 5.26 Å². The molecule has 0 bridgehead atoms. The Kier molecular flexibility index (Phi) is 5.43. The van der Waals surface area contributed by atoms with E-state index in [1.165, 1.54) is 0 Å². The molecule has 1 atom stereocenters. The summed E-state index contributed by atoms with van der Waals surface area (Å²) >= 11 is 0. The highest BCUT2D eigenvalue weighted by Crippen LogP contribution is 2.29. The molecule has 2 N–H and O–H groups in total. The zero-order chi connectivity index (χ0) is 12.7. The molecule has 1 heterocycles. The Morgan fingerprint density at radius 1 is 1.53 bits per heavy atom. The predicted octanol–water partition coefficient (Wildman–Crippen LogP) is 1.57. The third-order valence-corrected chi connectivity index (χ3v) is 3.40. The van der Waals surface area contributed by atoms with Gasteiger partial charge in [0.05, 0.1) is 12.1 Å². The molecule has 1 rings (SSSR count). The number of piperidine rings is 1. The van der Waals surface area contributed by atoms with Gasteiger partial charge in [0.15, 0.2) is 0 Å². The Labute approximate surface area is 104 Å². The fourth-order valence-electron chi connectivity index (χ4n) is 2.30. The minimum absolute atomic E-state index is 0.0367. The van der Waals surface area contributed by atoms with Crippen LogP contribution in [0.3, 0.4) is 0 Å². The molecule has 0 aromatic carbocycles. The van der Waals surface area contributed by atoms with Gasteiger partial charge in [-0.15, -0.1) is 0 Å². The van der Waals surface area contributed by atoms with Crippen LogP contribution in [0.4, 0.5) is 0 Å². The molecule has 1 saturated heterocycles. The van der Waals surface area contributed by atoms with E-state index in [9.17, 15) is 4.79 Å². The van der Waals surface area contributed by atoms with Crippen LogP contribution in [0.1, 0.15) is 46.0 Å². The highest BCUT2D eigenvalue weighted by Gasteiger charge is 2.36. The number of hydrogen-bond acceptors (Lipinski definition) is 3. The molecule has 96 valence electrons. The van der Waals surface area contributed by atoms with Crippen LogP contribution in [-0.4, -0.2) is 25.0 Å². The van der Waals surface area contributed by atoms with E-state index in [4.69, 9.17) is 5.26 Å². The molecular formula is C13H23N3O. The maximum absolute atomic E-state index is 12.0. The lowest BCUT2D eigenvalue weighted by Crippen LogP contribution is -2.55. The minimum atomic E-state index is -0.0767. The van der Waals surface area contributed by atoms with E-state index in [-0.39, 0.29) is 17.4 Å². The fourth-order valence-corrected chi connectivity index (χ4v) is 2.30. The number of amides is 1. The molecule has 0 spiro atoms. The van der Waals surface area contributed by atoms with Gasteiger partial charge >= 0.3 is 0 Å². The van der Waals surface area contributed by atoms with Gasteiger partial charge in [-0.25, -0.2) is 0 Å². The second-order valence-electron chi connectivity index (χ2n) is 5.39. The molecule has 1 unspecified atom stereocenters. The molecule has 1 aliphatic heterocycles. The summed E-state index contributed by atoms with van der Waals surface area (Å²) in [5, 5.41) is 14.7. The standard InChI is InChI=1S/C13H23N3O/c1-13(2)7-6-10-15-11(13)12(17)16-9-5-3-4-8-14/h11,15H,3-7,9-10H2,1-2H3,(H,16,17). The van der Waals surface area contributed by atoms with Gasteiger partial charge in [-0.2, -0.15) is 5.26 Å². The van der Waals surface area contributed by atoms with Crippen molar-refractivity contribution in [3.8, 4) is 6.07 Å². The molecule has 1 amide bonds. The van der Waals surface area contributed by atoms with Crippen molar-refractivity contribution < 1.29 is 4.79 Å². The van der Waals surface area contributed by atoms with Gasteiger partial charge in [-0.1, -0.05) is 13.8 Å². The van der Waals surface area contributed by atoms with Crippen molar-refractivity contribution >= 4 is 5.91 Å². The molecule has 0 aromatic rings. The Morgan fingerprint density at radius 2 is 2.29 bits per heavy atom. The number of hydrogen-bond donors (Lipinski definition) is 2. The van der Waals surface area contributed by atoms with Crippen LogP contribution in [0.25, 0.3) is 0 Å². The van der Waals surface area contributed by atoms with Crippen LogP contribution in [0.15, 0.2) is 0 Å². The second-order valence-corrected chi connectivity index (χ2v) is 5.39. The monoisotopic (exact) mass is 237 g/mol. The number of unbranched alkanes of at least 4 members (excludes halogenated alkanes) is 2. The third-order valence-electron chi connectivity index (χ3n) is 3.40. The molecule has 0 saturated carbocycles. The van der Waals surface area contributed by atoms with Gasteiger partial charge in [0.2, 0.25) is 5.91 Å². The zero-order valence-corrected chi connectivity index (χ0v) is 10.9. The van der Waals surface area contributed by atoms with Crippen molar-refractivity contribution in [1.82, 2.24) is 10.6 Å². The summed E-state index contributed by atoms with van der Waals surface area (Å²) in [5.74, 6) is 0.103. The molecule has 0 radical (unpaired) electrons. The quantitative estimate of drug-likeness (QED) is 0.713. The highest BCUT2D eigenvalue weighted by atomic mass is 16.2. The summed E-state index contributed by atoms with van der Waals surface area (Å²) in [6, 6.07) is 2.03. The van der Waals surface area contributed by atoms with Gasteiger partial charge < -0.3 is 10.6 Å². The Bertz CT molecular complexity index is 294. The summed E-state index contributed by atoms with van der Waals surface area (Å²) in [4.78, 5) is 12.0. The van der Waals surface area contributed by atoms with E-state index in [0.717, 1.165) is 32.2 Å². The number of carbonyl (C=O) groups excluding carboxylic acids is 1. The van der Waals surface area contributed by atoms with E-state index in [1.807, 2.05) is 0 Å². The van der Waals surface area contributed by atoms with Crippen LogP contribution in [0, 0.1) is 16.7 Å². The van der Waals surface area contributed by atoms with Crippen LogP contribution in [0.5, 0.6) is 0 Å². The number of nitrogens with zero attached hydrogens (tertiary/aromatic N) is 1. The van der Waals surface area contributed by atoms with E-state index < -0.39 is 0 Å². The first-order chi connectivity index (χ1) is 8.08. The smallest absolute Gasteiger partial charge is 0.237 e. The van der Waals surface area contributed by atoms with Crippen LogP contribution in [0.2, 0.25) is 0 Å². The van der Waals surface area contributed by atoms with E-state index in [1.54, 1.807) is 0 Å². The van der Waals surface area contributed by atoms with E-state index in [0.29, 0.717) is 13.0 Å². The van der Waals surface area contributed by atoms with E-state index >= 15 is 0 Å². The first-order valence-corrected chi connectivity index (χ1v) is 6.46. The molecule has 4 heteroatoms. The second kappa shape index (κ2) is 6.61. The largest absolute Gasteiger partial charge is 0.355 e. The van der Waals surface area contributed by atoms with E-state index in [2.05, 4.69) is 30.6 Å². The number of nitriles is 1. The van der Waals surface area contributed by atoms with Gasteiger partial charge in [-0.3, -0.25) is 4.79 Å². The number of nitrogens with one attached hydrogen (secondary N) is 2. The number of rotatable bonds is 5. The molecule has 1 aliphatic rings. The number of carbonyl (C=O) groups is 1. The summed E-state index contributed by atoms with van der Waals surface area (Å²) in [5.41, 5.74) is 0.0367. The van der Waals surface area contributed by atoms with Crippen LogP contribution in [-0.2, 0) is 4.79 Å². The van der Waals surface area contributed by atoms with Crippen molar-refractivity contribution in [2.45, 2.75) is 52.0 Å². The Balaban J connectivity index is 2.29. The SMILES string of the molecule is CC1(C)CCCNC1C(=O)NCCCCC#N. The van der Waals surface area contributed by atoms with Crippen molar-refractivity contribution in [2.75, 3.05) is 13.1 Å². The maximum atomic E-state index is 12.0. The topological polar surface area (TPSA) is 64.9 Å². The average Bonchev–Trinajstić information content (AvgIpc) is 2.28. The first-order valence-electron chi connectivity index (χ1n) is 6.46. The van der Waals surface area contributed by atoms with Crippen molar-refractivity contribution in [2.24, 2.45) is 5.41 Å². The minimum Gasteiger partial charge on any atom is -0.355 e. The molecule has 4 nitrogen and oxygen atoms in total. The van der Waals surface area contributed by atoms with Gasteiger partial charge in [0.25, 0.3) is 0 Å². The maximum Gasteiger partial charge on any atom is 0.237 e. The van der Waals surface area contributed by atoms with Crippen molar-refractivity contribution in [3.05, 3.63) is 0 Å². The van der Waals surface area contributed by atoms with Gasteiger partial charge in [-0.05, 0) is 37.6 Å². The molecular weight excluding hydrogens is 214 g/mol. The average molecular weight is 237 g/mol. The third kappa shape index (κ3) is 4.35. The van der Waals surface area contributed by atoms with Crippen LogP contribution >= 0.6 is 0 Å².